The van der Waals surface area contributed by atoms with E-state index >= 15 is 0 Å². The van der Waals surface area contributed by atoms with Crippen LogP contribution in [0.3, 0.4) is 0 Å². The molecule has 6 nitrogen and oxygen atoms in total. The number of carbonyl (C=O) groups is 1. The molecule has 0 saturated carbocycles. The molecule has 1 aromatic rings. The Morgan fingerprint density at radius 2 is 2.47 bits per heavy atom. The molecule has 0 fully saturated rings. The fourth-order valence-electron chi connectivity index (χ4n) is 1.10. The number of amides is 1. The van der Waals surface area contributed by atoms with Crippen molar-refractivity contribution in [3.05, 3.63) is 11.8 Å². The summed E-state index contributed by atoms with van der Waals surface area (Å²) >= 11 is 0. The first-order valence-corrected chi connectivity index (χ1v) is 4.64. The Kier molecular flexibility index (Phi) is 4.26. The number of hydrogen-bond donors (Lipinski definition) is 2. The maximum absolute atomic E-state index is 11.4. The van der Waals surface area contributed by atoms with Crippen LogP contribution in [0.2, 0.25) is 0 Å². The van der Waals surface area contributed by atoms with E-state index in [0.29, 0.717) is 18.1 Å². The van der Waals surface area contributed by atoms with Crippen LogP contribution in [0.25, 0.3) is 0 Å². The molecule has 0 unspecified atom stereocenters. The third-order valence-electron chi connectivity index (χ3n) is 1.79. The summed E-state index contributed by atoms with van der Waals surface area (Å²) in [7, 11) is 1.75. The SMILES string of the molecule is Cc1cc(NC(=O)CN(C)CCO)no1. The minimum atomic E-state index is -0.181. The molecule has 0 aromatic carbocycles. The average molecular weight is 213 g/mol. The van der Waals surface area contributed by atoms with Gasteiger partial charge in [-0.3, -0.25) is 9.69 Å². The van der Waals surface area contributed by atoms with Gasteiger partial charge in [-0.1, -0.05) is 5.16 Å². The van der Waals surface area contributed by atoms with Crippen molar-refractivity contribution in [2.45, 2.75) is 6.92 Å². The Hall–Kier alpha value is -1.40. The smallest absolute Gasteiger partial charge is 0.239 e. The van der Waals surface area contributed by atoms with Crippen LogP contribution in [0.1, 0.15) is 5.76 Å². The summed E-state index contributed by atoms with van der Waals surface area (Å²) in [5, 5.41) is 14.9. The number of carbonyl (C=O) groups excluding carboxylic acids is 1. The van der Waals surface area contributed by atoms with Crippen molar-refractivity contribution in [1.29, 1.82) is 0 Å². The molecule has 0 spiro atoms. The van der Waals surface area contributed by atoms with Gasteiger partial charge in [-0.25, -0.2) is 0 Å². The molecule has 0 radical (unpaired) electrons. The van der Waals surface area contributed by atoms with Crippen LogP contribution in [0.15, 0.2) is 10.6 Å². The number of aryl methyl sites for hydroxylation is 1. The number of aliphatic hydroxyl groups is 1. The van der Waals surface area contributed by atoms with Gasteiger partial charge >= 0.3 is 0 Å². The molecule has 0 aliphatic rings. The predicted molar refractivity (Wildman–Crippen MR) is 54.5 cm³/mol. The third kappa shape index (κ3) is 4.09. The first kappa shape index (κ1) is 11.7. The van der Waals surface area contributed by atoms with E-state index in [1.807, 2.05) is 0 Å². The highest BCUT2D eigenvalue weighted by Crippen LogP contribution is 2.06. The second-order valence-electron chi connectivity index (χ2n) is 3.33. The summed E-state index contributed by atoms with van der Waals surface area (Å²) in [6.07, 6.45) is 0. The van der Waals surface area contributed by atoms with Crippen LogP contribution in [0, 0.1) is 6.92 Å². The van der Waals surface area contributed by atoms with Gasteiger partial charge in [-0.2, -0.15) is 0 Å². The molecule has 1 amide bonds. The van der Waals surface area contributed by atoms with Crippen molar-refractivity contribution in [3.63, 3.8) is 0 Å². The zero-order valence-corrected chi connectivity index (χ0v) is 8.86. The summed E-state index contributed by atoms with van der Waals surface area (Å²) in [5.41, 5.74) is 0. The number of likely N-dealkylation sites (N-methyl/N-ethyl adjacent to an activating group) is 1. The van der Waals surface area contributed by atoms with E-state index in [4.69, 9.17) is 9.63 Å². The number of nitrogens with one attached hydrogen (secondary N) is 1. The lowest BCUT2D eigenvalue weighted by Gasteiger charge is -2.13. The van der Waals surface area contributed by atoms with Gasteiger partial charge in [-0.05, 0) is 14.0 Å². The lowest BCUT2D eigenvalue weighted by Crippen LogP contribution is -2.32. The minimum absolute atomic E-state index is 0.0346. The minimum Gasteiger partial charge on any atom is -0.395 e. The molecule has 0 aliphatic heterocycles. The Morgan fingerprint density at radius 3 is 3.00 bits per heavy atom. The van der Waals surface area contributed by atoms with Gasteiger partial charge in [0, 0.05) is 12.6 Å². The molecule has 6 heteroatoms. The summed E-state index contributed by atoms with van der Waals surface area (Å²) in [4.78, 5) is 13.1. The van der Waals surface area contributed by atoms with Gasteiger partial charge in [0.25, 0.3) is 0 Å². The second kappa shape index (κ2) is 5.47. The molecule has 2 N–H and O–H groups in total. The van der Waals surface area contributed by atoms with Gasteiger partial charge in [-0.15, -0.1) is 0 Å². The molecule has 84 valence electrons. The van der Waals surface area contributed by atoms with Crippen LogP contribution < -0.4 is 5.32 Å². The molecule has 0 bridgehead atoms. The predicted octanol–water partition coefficient (Wildman–Crippen LogP) is -0.154. The molecule has 15 heavy (non-hydrogen) atoms. The number of aliphatic hydroxyl groups excluding tert-OH is 1. The van der Waals surface area contributed by atoms with Gasteiger partial charge in [0.05, 0.1) is 13.2 Å². The van der Waals surface area contributed by atoms with Crippen molar-refractivity contribution in [3.8, 4) is 0 Å². The molecule has 1 rings (SSSR count). The maximum Gasteiger partial charge on any atom is 0.239 e. The second-order valence-corrected chi connectivity index (χ2v) is 3.33. The van der Waals surface area contributed by atoms with Gasteiger partial charge in [0.1, 0.15) is 5.76 Å². The molecule has 0 aliphatic carbocycles. The van der Waals surface area contributed by atoms with Crippen molar-refractivity contribution in [2.75, 3.05) is 32.1 Å². The quantitative estimate of drug-likeness (QED) is 0.711. The van der Waals surface area contributed by atoms with Crippen molar-refractivity contribution in [1.82, 2.24) is 10.1 Å². The molecule has 0 saturated heterocycles. The van der Waals surface area contributed by atoms with Gasteiger partial charge in [0.2, 0.25) is 5.91 Å². The number of nitrogens with zero attached hydrogens (tertiary/aromatic N) is 2. The maximum atomic E-state index is 11.4. The van der Waals surface area contributed by atoms with Crippen molar-refractivity contribution >= 4 is 11.7 Å². The highest BCUT2D eigenvalue weighted by atomic mass is 16.5. The highest BCUT2D eigenvalue weighted by molar-refractivity contribution is 5.91. The van der Waals surface area contributed by atoms with E-state index in [1.54, 1.807) is 24.9 Å². The lowest BCUT2D eigenvalue weighted by molar-refractivity contribution is -0.117. The summed E-state index contributed by atoms with van der Waals surface area (Å²) < 4.78 is 4.80. The Morgan fingerprint density at radius 1 is 1.73 bits per heavy atom. The van der Waals surface area contributed by atoms with Crippen molar-refractivity contribution in [2.24, 2.45) is 0 Å². The Bertz CT molecular complexity index is 324. The molecule has 1 heterocycles. The zero-order valence-electron chi connectivity index (χ0n) is 8.86. The van der Waals surface area contributed by atoms with E-state index in [1.165, 1.54) is 0 Å². The molecular formula is C9H15N3O3. The third-order valence-corrected chi connectivity index (χ3v) is 1.79. The van der Waals surface area contributed by atoms with Crippen LogP contribution >= 0.6 is 0 Å². The lowest BCUT2D eigenvalue weighted by atomic mass is 10.4. The standard InChI is InChI=1S/C9H15N3O3/c1-7-5-8(11-15-7)10-9(14)6-12(2)3-4-13/h5,13H,3-4,6H2,1-2H3,(H,10,11,14). The molecular weight excluding hydrogens is 198 g/mol. The fourth-order valence-corrected chi connectivity index (χ4v) is 1.10. The number of hydrogen-bond acceptors (Lipinski definition) is 5. The monoisotopic (exact) mass is 213 g/mol. The van der Waals surface area contributed by atoms with Crippen LogP contribution in [-0.2, 0) is 4.79 Å². The van der Waals surface area contributed by atoms with Crippen molar-refractivity contribution < 1.29 is 14.4 Å². The van der Waals surface area contributed by atoms with Gasteiger partial charge in [0.15, 0.2) is 5.82 Å². The normalized spacial score (nSPS) is 10.7. The first-order valence-electron chi connectivity index (χ1n) is 4.64. The van der Waals surface area contributed by atoms with E-state index in [2.05, 4.69) is 10.5 Å². The van der Waals surface area contributed by atoms with Gasteiger partial charge < -0.3 is 14.9 Å². The van der Waals surface area contributed by atoms with E-state index in [0.717, 1.165) is 0 Å². The largest absolute Gasteiger partial charge is 0.395 e. The summed E-state index contributed by atoms with van der Waals surface area (Å²) in [6.45, 7) is 2.46. The number of anilines is 1. The van der Waals surface area contributed by atoms with Crippen LogP contribution in [-0.4, -0.2) is 47.8 Å². The summed E-state index contributed by atoms with van der Waals surface area (Å²) in [6, 6.07) is 1.64. The number of aromatic nitrogens is 1. The average Bonchev–Trinajstić information content (AvgIpc) is 2.51. The zero-order chi connectivity index (χ0) is 11.3. The topological polar surface area (TPSA) is 78.6 Å². The Balaban J connectivity index is 2.36. The fraction of sp³-hybridized carbons (Fsp3) is 0.556. The first-order chi connectivity index (χ1) is 7.11. The van der Waals surface area contributed by atoms with Crippen LogP contribution in [0.5, 0.6) is 0 Å². The molecule has 1 aromatic heterocycles. The highest BCUT2D eigenvalue weighted by Gasteiger charge is 2.08. The Labute approximate surface area is 87.9 Å². The molecule has 0 atom stereocenters. The van der Waals surface area contributed by atoms with E-state index < -0.39 is 0 Å². The van der Waals surface area contributed by atoms with E-state index in [9.17, 15) is 4.79 Å². The number of rotatable bonds is 5. The van der Waals surface area contributed by atoms with E-state index in [-0.39, 0.29) is 19.1 Å². The van der Waals surface area contributed by atoms with Crippen LogP contribution in [0.4, 0.5) is 5.82 Å². The summed E-state index contributed by atoms with van der Waals surface area (Å²) in [5.74, 6) is 0.878.